The van der Waals surface area contributed by atoms with Crippen LogP contribution in [0.25, 0.3) is 0 Å². The third kappa shape index (κ3) is 5.59. The molecule has 0 radical (unpaired) electrons. The van der Waals surface area contributed by atoms with E-state index in [1.54, 1.807) is 23.9 Å². The number of thioether (sulfide) groups is 1. The van der Waals surface area contributed by atoms with E-state index in [0.29, 0.717) is 5.56 Å². The fraction of sp³-hybridized carbons (Fsp3) is 0.357. The molecular weight excluding hydrogens is 232 g/mol. The molecule has 0 spiro atoms. The number of unbranched alkanes of at least 4 members (excludes halogenated alkanes) is 3. The van der Waals surface area contributed by atoms with Gasteiger partial charge in [0.2, 0.25) is 0 Å². The number of rotatable bonds is 8. The van der Waals surface area contributed by atoms with Crippen molar-refractivity contribution in [1.82, 2.24) is 0 Å². The number of hydrogen-bond acceptors (Lipinski definition) is 2. The largest absolute Gasteiger partial charge is 0.478 e. The van der Waals surface area contributed by atoms with E-state index in [9.17, 15) is 4.79 Å². The van der Waals surface area contributed by atoms with E-state index < -0.39 is 5.97 Å². The summed E-state index contributed by atoms with van der Waals surface area (Å²) in [6.07, 6.45) is 6.68. The van der Waals surface area contributed by atoms with Crippen LogP contribution in [-0.4, -0.2) is 16.8 Å². The molecule has 0 fully saturated rings. The summed E-state index contributed by atoms with van der Waals surface area (Å²) in [5, 5.41) is 8.76. The number of aromatic carboxylic acids is 1. The minimum absolute atomic E-state index is 0.348. The molecule has 3 heteroatoms. The molecule has 1 rings (SSSR count). The van der Waals surface area contributed by atoms with Crippen LogP contribution in [0, 0.1) is 0 Å². The number of carbonyl (C=O) groups is 1. The molecule has 0 atom stereocenters. The summed E-state index contributed by atoms with van der Waals surface area (Å²) >= 11 is 1.78. The highest BCUT2D eigenvalue weighted by atomic mass is 32.2. The number of hydrogen-bond donors (Lipinski definition) is 1. The molecular formula is C14H18O2S. The van der Waals surface area contributed by atoms with Gasteiger partial charge in [-0.3, -0.25) is 0 Å². The van der Waals surface area contributed by atoms with E-state index in [1.165, 1.54) is 19.3 Å². The third-order valence-corrected chi connectivity index (χ3v) is 3.52. The summed E-state index contributed by atoms with van der Waals surface area (Å²) in [7, 11) is 0. The lowest BCUT2D eigenvalue weighted by molar-refractivity contribution is 0.0697. The van der Waals surface area contributed by atoms with Gasteiger partial charge in [0.15, 0.2) is 0 Å². The van der Waals surface area contributed by atoms with Crippen LogP contribution in [0.4, 0.5) is 0 Å². The highest BCUT2D eigenvalue weighted by molar-refractivity contribution is 7.99. The van der Waals surface area contributed by atoms with Crippen LogP contribution >= 0.6 is 11.8 Å². The van der Waals surface area contributed by atoms with Gasteiger partial charge < -0.3 is 5.11 Å². The molecule has 92 valence electrons. The van der Waals surface area contributed by atoms with Crippen molar-refractivity contribution >= 4 is 17.7 Å². The quantitative estimate of drug-likeness (QED) is 0.426. The van der Waals surface area contributed by atoms with Crippen LogP contribution in [0.1, 0.15) is 36.0 Å². The Balaban J connectivity index is 2.23. The summed E-state index contributed by atoms with van der Waals surface area (Å²) in [6.45, 7) is 3.70. The van der Waals surface area contributed by atoms with Crippen LogP contribution in [0.2, 0.25) is 0 Å². The molecule has 2 nitrogen and oxygen atoms in total. The standard InChI is InChI=1S/C14H18O2S/c1-2-3-4-5-6-11-17-13-9-7-12(8-10-13)14(15)16/h2,7-10H,1,3-6,11H2,(H,15,16). The first-order valence-corrected chi connectivity index (χ1v) is 6.79. The van der Waals surface area contributed by atoms with E-state index >= 15 is 0 Å². The summed E-state index contributed by atoms with van der Waals surface area (Å²) in [5.74, 6) is 0.217. The Hall–Kier alpha value is -1.22. The third-order valence-electron chi connectivity index (χ3n) is 2.42. The van der Waals surface area contributed by atoms with E-state index in [-0.39, 0.29) is 0 Å². The second kappa shape index (κ2) is 7.96. The topological polar surface area (TPSA) is 37.3 Å². The first-order chi connectivity index (χ1) is 8.24. The summed E-state index contributed by atoms with van der Waals surface area (Å²) in [5.41, 5.74) is 0.348. The molecule has 0 amide bonds. The molecule has 0 heterocycles. The molecule has 0 aliphatic heterocycles. The van der Waals surface area contributed by atoms with Crippen molar-refractivity contribution in [2.45, 2.75) is 30.6 Å². The molecule has 0 aromatic heterocycles. The van der Waals surface area contributed by atoms with Gasteiger partial charge in [-0.25, -0.2) is 4.79 Å². The average Bonchev–Trinajstić information content (AvgIpc) is 2.34. The summed E-state index contributed by atoms with van der Waals surface area (Å²) in [6, 6.07) is 7.06. The Morgan fingerprint density at radius 2 is 1.94 bits per heavy atom. The van der Waals surface area contributed by atoms with Crippen molar-refractivity contribution in [1.29, 1.82) is 0 Å². The van der Waals surface area contributed by atoms with Gasteiger partial charge in [0.1, 0.15) is 0 Å². The Bertz CT molecular complexity index is 357. The van der Waals surface area contributed by atoms with Gasteiger partial charge in [-0.2, -0.15) is 0 Å². The van der Waals surface area contributed by atoms with Crippen molar-refractivity contribution in [3.63, 3.8) is 0 Å². The van der Waals surface area contributed by atoms with E-state index in [4.69, 9.17) is 5.11 Å². The van der Waals surface area contributed by atoms with Crippen LogP contribution in [0.15, 0.2) is 41.8 Å². The second-order valence-corrected chi connectivity index (χ2v) is 4.98. The normalized spacial score (nSPS) is 10.1. The summed E-state index contributed by atoms with van der Waals surface area (Å²) < 4.78 is 0. The monoisotopic (exact) mass is 250 g/mol. The molecule has 0 saturated carbocycles. The zero-order chi connectivity index (χ0) is 12.5. The van der Waals surface area contributed by atoms with Gasteiger partial charge in [-0.1, -0.05) is 12.5 Å². The van der Waals surface area contributed by atoms with Crippen LogP contribution < -0.4 is 0 Å². The molecule has 1 aromatic rings. The maximum absolute atomic E-state index is 10.7. The predicted molar refractivity (Wildman–Crippen MR) is 72.8 cm³/mol. The summed E-state index contributed by atoms with van der Waals surface area (Å²) in [4.78, 5) is 11.8. The molecule has 1 aromatic carbocycles. The predicted octanol–water partition coefficient (Wildman–Crippen LogP) is 4.22. The van der Waals surface area contributed by atoms with Gasteiger partial charge in [-0.15, -0.1) is 18.3 Å². The number of carboxylic acids is 1. The highest BCUT2D eigenvalue weighted by Crippen LogP contribution is 2.20. The second-order valence-electron chi connectivity index (χ2n) is 3.82. The first kappa shape index (κ1) is 13.8. The van der Waals surface area contributed by atoms with Gasteiger partial charge in [0, 0.05) is 4.90 Å². The van der Waals surface area contributed by atoms with Gasteiger partial charge in [0.25, 0.3) is 0 Å². The van der Waals surface area contributed by atoms with Crippen LogP contribution in [0.5, 0.6) is 0 Å². The number of carboxylic acid groups (broad SMARTS) is 1. The average molecular weight is 250 g/mol. The smallest absolute Gasteiger partial charge is 0.335 e. The van der Waals surface area contributed by atoms with E-state index in [2.05, 4.69) is 6.58 Å². The number of allylic oxidation sites excluding steroid dienone is 1. The van der Waals surface area contributed by atoms with E-state index in [1.807, 2.05) is 18.2 Å². The molecule has 0 saturated heterocycles. The Morgan fingerprint density at radius 1 is 1.24 bits per heavy atom. The molecule has 0 bridgehead atoms. The lowest BCUT2D eigenvalue weighted by Crippen LogP contribution is -1.94. The molecule has 1 N–H and O–H groups in total. The Labute approximate surface area is 107 Å². The van der Waals surface area contributed by atoms with E-state index in [0.717, 1.165) is 17.1 Å². The fourth-order valence-electron chi connectivity index (χ4n) is 1.45. The number of benzene rings is 1. The molecule has 0 aliphatic carbocycles. The van der Waals surface area contributed by atoms with Crippen LogP contribution in [0.3, 0.4) is 0 Å². The SMILES string of the molecule is C=CCCCCCSc1ccc(C(=O)O)cc1. The zero-order valence-corrected chi connectivity index (χ0v) is 10.7. The van der Waals surface area contributed by atoms with Gasteiger partial charge in [0.05, 0.1) is 5.56 Å². The Morgan fingerprint density at radius 3 is 2.53 bits per heavy atom. The lowest BCUT2D eigenvalue weighted by atomic mass is 10.2. The van der Waals surface area contributed by atoms with Crippen molar-refractivity contribution in [2.75, 3.05) is 5.75 Å². The lowest BCUT2D eigenvalue weighted by Gasteiger charge is -2.02. The molecule has 0 unspecified atom stereocenters. The van der Waals surface area contributed by atoms with Crippen molar-refractivity contribution in [3.05, 3.63) is 42.5 Å². The zero-order valence-electron chi connectivity index (χ0n) is 9.89. The van der Waals surface area contributed by atoms with Crippen molar-refractivity contribution in [2.24, 2.45) is 0 Å². The maximum atomic E-state index is 10.7. The first-order valence-electron chi connectivity index (χ1n) is 5.81. The maximum Gasteiger partial charge on any atom is 0.335 e. The molecule has 17 heavy (non-hydrogen) atoms. The van der Waals surface area contributed by atoms with Crippen LogP contribution in [-0.2, 0) is 0 Å². The minimum atomic E-state index is -0.869. The van der Waals surface area contributed by atoms with Crippen molar-refractivity contribution < 1.29 is 9.90 Å². The molecule has 0 aliphatic rings. The fourth-order valence-corrected chi connectivity index (χ4v) is 2.36. The minimum Gasteiger partial charge on any atom is -0.478 e. The van der Waals surface area contributed by atoms with Gasteiger partial charge in [-0.05, 0) is 49.3 Å². The highest BCUT2D eigenvalue weighted by Gasteiger charge is 2.01. The Kier molecular flexibility index (Phi) is 6.48. The van der Waals surface area contributed by atoms with Gasteiger partial charge >= 0.3 is 5.97 Å². The van der Waals surface area contributed by atoms with Crippen molar-refractivity contribution in [3.8, 4) is 0 Å².